The van der Waals surface area contributed by atoms with E-state index >= 15 is 0 Å². The summed E-state index contributed by atoms with van der Waals surface area (Å²) in [4.78, 5) is 11.8. The lowest BCUT2D eigenvalue weighted by atomic mass is 9.97. The van der Waals surface area contributed by atoms with Gasteiger partial charge in [-0.25, -0.2) is 9.97 Å². The summed E-state index contributed by atoms with van der Waals surface area (Å²) in [6.07, 6.45) is 4.75. The average Bonchev–Trinajstić information content (AvgIpc) is 3.15. The molecule has 0 fully saturated rings. The standard InChI is InChI=1S/C17H22N6S3/c1-17(2,3)21-15-22-23-16(26-15)24-8-11-19-13(18)12-9-6-4-5-7-10(9)25-14(12)20-11/h4-8H2,1-3H3,(H,21,22)(H2,18,19,20). The summed E-state index contributed by atoms with van der Waals surface area (Å²) in [7, 11) is 0. The molecule has 3 heterocycles. The van der Waals surface area contributed by atoms with Crippen LogP contribution in [0.5, 0.6) is 0 Å². The minimum Gasteiger partial charge on any atom is -0.383 e. The summed E-state index contributed by atoms with van der Waals surface area (Å²) >= 11 is 4.94. The molecule has 26 heavy (non-hydrogen) atoms. The summed E-state index contributed by atoms with van der Waals surface area (Å²) in [5, 5.41) is 13.7. The van der Waals surface area contributed by atoms with E-state index in [-0.39, 0.29) is 5.54 Å². The second-order valence-corrected chi connectivity index (χ2v) is 10.7. The van der Waals surface area contributed by atoms with Crippen molar-refractivity contribution in [1.82, 2.24) is 20.2 Å². The number of anilines is 2. The number of nitrogen functional groups attached to an aromatic ring is 1. The van der Waals surface area contributed by atoms with Crippen LogP contribution in [0.2, 0.25) is 0 Å². The van der Waals surface area contributed by atoms with E-state index in [0.29, 0.717) is 11.6 Å². The van der Waals surface area contributed by atoms with E-state index in [1.54, 1.807) is 34.4 Å². The number of aromatic nitrogens is 4. The number of rotatable bonds is 4. The lowest BCUT2D eigenvalue weighted by molar-refractivity contribution is 0.631. The topological polar surface area (TPSA) is 89.6 Å². The number of fused-ring (bicyclic) bond motifs is 3. The Bertz CT molecular complexity index is 940. The van der Waals surface area contributed by atoms with Gasteiger partial charge in [-0.05, 0) is 52.0 Å². The minimum atomic E-state index is -0.0254. The Hall–Kier alpha value is -1.45. The first-order valence-corrected chi connectivity index (χ1v) is 11.3. The van der Waals surface area contributed by atoms with E-state index in [2.05, 4.69) is 41.3 Å². The highest BCUT2D eigenvalue weighted by molar-refractivity contribution is 8.00. The maximum atomic E-state index is 6.28. The van der Waals surface area contributed by atoms with Crippen LogP contribution in [-0.4, -0.2) is 25.7 Å². The molecule has 9 heteroatoms. The van der Waals surface area contributed by atoms with Gasteiger partial charge in [0.25, 0.3) is 0 Å². The van der Waals surface area contributed by atoms with E-state index in [1.165, 1.54) is 23.3 Å². The third-order valence-electron chi connectivity index (χ3n) is 4.10. The molecule has 138 valence electrons. The Morgan fingerprint density at radius 2 is 1.92 bits per heavy atom. The van der Waals surface area contributed by atoms with Gasteiger partial charge in [0, 0.05) is 10.4 Å². The van der Waals surface area contributed by atoms with E-state index in [0.717, 1.165) is 38.4 Å². The first-order chi connectivity index (χ1) is 12.4. The fourth-order valence-electron chi connectivity index (χ4n) is 3.06. The number of thioether (sulfide) groups is 1. The lowest BCUT2D eigenvalue weighted by Crippen LogP contribution is -2.25. The van der Waals surface area contributed by atoms with Gasteiger partial charge in [0.15, 0.2) is 4.34 Å². The molecule has 0 unspecified atom stereocenters. The monoisotopic (exact) mass is 406 g/mol. The molecule has 1 aliphatic rings. The highest BCUT2D eigenvalue weighted by atomic mass is 32.2. The molecule has 0 saturated heterocycles. The molecule has 0 amide bonds. The fraction of sp³-hybridized carbons (Fsp3) is 0.529. The first-order valence-electron chi connectivity index (χ1n) is 8.70. The second kappa shape index (κ2) is 6.94. The number of aryl methyl sites for hydroxylation is 2. The van der Waals surface area contributed by atoms with E-state index in [9.17, 15) is 0 Å². The van der Waals surface area contributed by atoms with Gasteiger partial charge in [-0.15, -0.1) is 21.5 Å². The van der Waals surface area contributed by atoms with Crippen molar-refractivity contribution in [1.29, 1.82) is 0 Å². The number of nitrogens with two attached hydrogens (primary N) is 1. The van der Waals surface area contributed by atoms with Crippen molar-refractivity contribution in [2.24, 2.45) is 0 Å². The highest BCUT2D eigenvalue weighted by Gasteiger charge is 2.20. The Morgan fingerprint density at radius 3 is 2.73 bits per heavy atom. The van der Waals surface area contributed by atoms with Gasteiger partial charge >= 0.3 is 0 Å². The molecule has 0 atom stereocenters. The van der Waals surface area contributed by atoms with Crippen LogP contribution < -0.4 is 11.1 Å². The molecule has 3 aromatic rings. The van der Waals surface area contributed by atoms with Crippen LogP contribution in [0.1, 0.15) is 49.9 Å². The van der Waals surface area contributed by atoms with Crippen molar-refractivity contribution in [3.8, 4) is 0 Å². The molecule has 0 aromatic carbocycles. The molecule has 0 bridgehead atoms. The van der Waals surface area contributed by atoms with Crippen molar-refractivity contribution >= 4 is 55.6 Å². The Kier molecular flexibility index (Phi) is 4.79. The Morgan fingerprint density at radius 1 is 1.12 bits per heavy atom. The Balaban J connectivity index is 1.51. The predicted octanol–water partition coefficient (Wildman–Crippen LogP) is 4.51. The van der Waals surface area contributed by atoms with Crippen LogP contribution in [0.3, 0.4) is 0 Å². The van der Waals surface area contributed by atoms with Crippen molar-refractivity contribution in [2.75, 3.05) is 11.1 Å². The lowest BCUT2D eigenvalue weighted by Gasteiger charge is -2.18. The summed E-state index contributed by atoms with van der Waals surface area (Å²) in [5.74, 6) is 2.03. The number of nitrogens with zero attached hydrogens (tertiary/aromatic N) is 4. The normalized spacial score (nSPS) is 14.6. The predicted molar refractivity (Wildman–Crippen MR) is 111 cm³/mol. The van der Waals surface area contributed by atoms with Crippen molar-refractivity contribution in [3.63, 3.8) is 0 Å². The van der Waals surface area contributed by atoms with Crippen LogP contribution in [-0.2, 0) is 18.6 Å². The van der Waals surface area contributed by atoms with Gasteiger partial charge in [-0.2, -0.15) is 0 Å². The molecule has 3 aromatic heterocycles. The zero-order valence-electron chi connectivity index (χ0n) is 15.1. The van der Waals surface area contributed by atoms with E-state index in [1.807, 2.05) is 0 Å². The largest absolute Gasteiger partial charge is 0.383 e. The molecular formula is C17H22N6S3. The van der Waals surface area contributed by atoms with Gasteiger partial charge in [0.1, 0.15) is 16.5 Å². The van der Waals surface area contributed by atoms with Gasteiger partial charge < -0.3 is 11.1 Å². The van der Waals surface area contributed by atoms with Gasteiger partial charge in [-0.1, -0.05) is 23.1 Å². The van der Waals surface area contributed by atoms with Crippen LogP contribution in [0.15, 0.2) is 4.34 Å². The first kappa shape index (κ1) is 17.9. The van der Waals surface area contributed by atoms with Crippen LogP contribution in [0, 0.1) is 0 Å². The summed E-state index contributed by atoms with van der Waals surface area (Å²) in [5.41, 5.74) is 7.64. The van der Waals surface area contributed by atoms with Crippen LogP contribution in [0.25, 0.3) is 10.2 Å². The maximum absolute atomic E-state index is 6.28. The number of thiophene rings is 1. The van der Waals surface area contributed by atoms with E-state index < -0.39 is 0 Å². The number of nitrogens with one attached hydrogen (secondary N) is 1. The zero-order chi connectivity index (χ0) is 18.3. The fourth-order valence-corrected chi connectivity index (χ4v) is 6.17. The van der Waals surface area contributed by atoms with E-state index in [4.69, 9.17) is 10.7 Å². The Labute approximate surface area is 165 Å². The molecule has 4 rings (SSSR count). The minimum absolute atomic E-state index is 0.0254. The quantitative estimate of drug-likeness (QED) is 0.616. The van der Waals surface area contributed by atoms with Crippen LogP contribution in [0.4, 0.5) is 10.9 Å². The molecule has 0 radical (unpaired) electrons. The van der Waals surface area contributed by atoms with Gasteiger partial charge in [0.05, 0.1) is 11.1 Å². The third kappa shape index (κ3) is 3.79. The summed E-state index contributed by atoms with van der Waals surface area (Å²) in [6.45, 7) is 6.31. The van der Waals surface area contributed by atoms with Crippen LogP contribution >= 0.6 is 34.4 Å². The average molecular weight is 407 g/mol. The molecule has 0 spiro atoms. The third-order valence-corrected chi connectivity index (χ3v) is 7.26. The maximum Gasteiger partial charge on any atom is 0.206 e. The van der Waals surface area contributed by atoms with Gasteiger partial charge in [-0.3, -0.25) is 0 Å². The molecule has 0 saturated carbocycles. The molecule has 3 N–H and O–H groups in total. The number of hydrogen-bond donors (Lipinski definition) is 2. The summed E-state index contributed by atoms with van der Waals surface area (Å²) < 4.78 is 0.907. The smallest absolute Gasteiger partial charge is 0.206 e. The SMILES string of the molecule is CC(C)(C)Nc1nnc(SCc2nc(N)c3c4c(sc3n2)CCCC4)s1. The van der Waals surface area contributed by atoms with Crippen molar-refractivity contribution in [2.45, 2.75) is 62.1 Å². The molecule has 1 aliphatic carbocycles. The van der Waals surface area contributed by atoms with Crippen molar-refractivity contribution in [3.05, 3.63) is 16.3 Å². The molecular weight excluding hydrogens is 384 g/mol. The summed E-state index contributed by atoms with van der Waals surface area (Å²) in [6, 6.07) is 0. The molecule has 6 nitrogen and oxygen atoms in total. The molecule has 0 aliphatic heterocycles. The highest BCUT2D eigenvalue weighted by Crippen LogP contribution is 2.38. The second-order valence-electron chi connectivity index (χ2n) is 7.45. The van der Waals surface area contributed by atoms with Crippen molar-refractivity contribution < 1.29 is 0 Å². The zero-order valence-corrected chi connectivity index (χ0v) is 17.6. The number of hydrogen-bond acceptors (Lipinski definition) is 9. The van der Waals surface area contributed by atoms with Gasteiger partial charge in [0.2, 0.25) is 5.13 Å².